The zero-order chi connectivity index (χ0) is 12.4. The first-order valence-electron chi connectivity index (χ1n) is 6.14. The highest BCUT2D eigenvalue weighted by Gasteiger charge is 2.33. The van der Waals surface area contributed by atoms with Crippen LogP contribution in [-0.4, -0.2) is 26.1 Å². The van der Waals surface area contributed by atoms with Gasteiger partial charge in [-0.2, -0.15) is 0 Å². The monoisotopic (exact) mass is 237 g/mol. The van der Waals surface area contributed by atoms with Crippen LogP contribution in [0.4, 0.5) is 0 Å². The number of aryl methyl sites for hydroxylation is 1. The van der Waals surface area contributed by atoms with Gasteiger partial charge in [-0.25, -0.2) is 0 Å². The largest absolute Gasteiger partial charge is 0.481 e. The summed E-state index contributed by atoms with van der Waals surface area (Å²) in [6, 6.07) is 0. The zero-order valence-electron chi connectivity index (χ0n) is 10.3. The fourth-order valence-corrected chi connectivity index (χ4v) is 2.81. The number of aromatic nitrogens is 3. The molecule has 0 radical (unpaired) electrons. The van der Waals surface area contributed by atoms with E-state index in [4.69, 9.17) is 0 Å². The van der Waals surface area contributed by atoms with Crippen LogP contribution in [0.5, 0.6) is 0 Å². The van der Waals surface area contributed by atoms with Crippen LogP contribution in [0.15, 0.2) is 6.20 Å². The van der Waals surface area contributed by atoms with Crippen molar-refractivity contribution in [3.8, 4) is 0 Å². The summed E-state index contributed by atoms with van der Waals surface area (Å²) in [5.41, 5.74) is 0.901. The second-order valence-corrected chi connectivity index (χ2v) is 5.21. The maximum atomic E-state index is 11.2. The predicted molar refractivity (Wildman–Crippen MR) is 62.3 cm³/mol. The molecule has 1 aliphatic rings. The van der Waals surface area contributed by atoms with Crippen molar-refractivity contribution >= 4 is 5.97 Å². The molecule has 1 aromatic rings. The van der Waals surface area contributed by atoms with Gasteiger partial charge < -0.3 is 5.11 Å². The van der Waals surface area contributed by atoms with Gasteiger partial charge >= 0.3 is 5.97 Å². The fraction of sp³-hybridized carbons (Fsp3) is 0.750. The Hall–Kier alpha value is -1.39. The first-order chi connectivity index (χ1) is 8.06. The van der Waals surface area contributed by atoms with Crippen LogP contribution in [-0.2, 0) is 18.3 Å². The SMILES string of the molecule is CC1CCC(C(=O)O)C(Cc2cn(C)nn2)C1. The first kappa shape index (κ1) is 12.1. The van der Waals surface area contributed by atoms with Gasteiger partial charge in [-0.05, 0) is 37.5 Å². The topological polar surface area (TPSA) is 68.0 Å². The summed E-state index contributed by atoms with van der Waals surface area (Å²) >= 11 is 0. The lowest BCUT2D eigenvalue weighted by Crippen LogP contribution is -2.31. The summed E-state index contributed by atoms with van der Waals surface area (Å²) in [5, 5.41) is 17.2. The molecule has 2 rings (SSSR count). The van der Waals surface area contributed by atoms with Gasteiger partial charge in [0.1, 0.15) is 0 Å². The predicted octanol–water partition coefficient (Wildman–Crippen LogP) is 1.49. The second-order valence-electron chi connectivity index (χ2n) is 5.21. The Kier molecular flexibility index (Phi) is 3.45. The van der Waals surface area contributed by atoms with Crippen LogP contribution in [0.1, 0.15) is 31.9 Å². The average Bonchev–Trinajstić information content (AvgIpc) is 2.63. The van der Waals surface area contributed by atoms with E-state index in [1.807, 2.05) is 13.2 Å². The maximum Gasteiger partial charge on any atom is 0.306 e. The molecule has 1 heterocycles. The lowest BCUT2D eigenvalue weighted by molar-refractivity contribution is -0.145. The number of rotatable bonds is 3. The van der Waals surface area contributed by atoms with Gasteiger partial charge in [0.25, 0.3) is 0 Å². The third-order valence-corrected chi connectivity index (χ3v) is 3.68. The van der Waals surface area contributed by atoms with E-state index in [1.165, 1.54) is 0 Å². The molecule has 0 spiro atoms. The Bertz CT molecular complexity index is 402. The molecule has 17 heavy (non-hydrogen) atoms. The van der Waals surface area contributed by atoms with Gasteiger partial charge in [-0.3, -0.25) is 9.48 Å². The minimum atomic E-state index is -0.661. The highest BCUT2D eigenvalue weighted by Crippen LogP contribution is 2.35. The van der Waals surface area contributed by atoms with E-state index in [0.29, 0.717) is 5.92 Å². The molecule has 0 aliphatic heterocycles. The normalized spacial score (nSPS) is 29.2. The lowest BCUT2D eigenvalue weighted by Gasteiger charge is -2.31. The van der Waals surface area contributed by atoms with E-state index < -0.39 is 5.97 Å². The third kappa shape index (κ3) is 2.84. The molecule has 0 amide bonds. The molecule has 0 bridgehead atoms. The molecule has 0 saturated heterocycles. The van der Waals surface area contributed by atoms with Crippen LogP contribution < -0.4 is 0 Å². The van der Waals surface area contributed by atoms with E-state index in [9.17, 15) is 9.90 Å². The van der Waals surface area contributed by atoms with Gasteiger partial charge in [0.15, 0.2) is 0 Å². The Morgan fingerprint density at radius 2 is 2.35 bits per heavy atom. The van der Waals surface area contributed by atoms with Crippen molar-refractivity contribution in [1.82, 2.24) is 15.0 Å². The van der Waals surface area contributed by atoms with Crippen LogP contribution in [0, 0.1) is 17.8 Å². The Labute approximate surface area is 101 Å². The molecule has 3 atom stereocenters. The summed E-state index contributed by atoms with van der Waals surface area (Å²) in [6.07, 6.45) is 5.40. The Balaban J connectivity index is 2.07. The van der Waals surface area contributed by atoms with E-state index in [2.05, 4.69) is 17.2 Å². The van der Waals surface area contributed by atoms with Crippen molar-refractivity contribution in [3.63, 3.8) is 0 Å². The van der Waals surface area contributed by atoms with E-state index >= 15 is 0 Å². The van der Waals surface area contributed by atoms with Crippen LogP contribution in [0.3, 0.4) is 0 Å². The molecule has 1 fully saturated rings. The Morgan fingerprint density at radius 3 is 2.94 bits per heavy atom. The first-order valence-corrected chi connectivity index (χ1v) is 6.14. The van der Waals surface area contributed by atoms with Crippen LogP contribution >= 0.6 is 0 Å². The smallest absolute Gasteiger partial charge is 0.306 e. The van der Waals surface area contributed by atoms with Gasteiger partial charge in [0.2, 0.25) is 0 Å². The summed E-state index contributed by atoms with van der Waals surface area (Å²) in [6.45, 7) is 2.20. The van der Waals surface area contributed by atoms with E-state index in [1.54, 1.807) is 4.68 Å². The molecule has 5 nitrogen and oxygen atoms in total. The van der Waals surface area contributed by atoms with Crippen molar-refractivity contribution in [2.75, 3.05) is 0 Å². The molecule has 94 valence electrons. The minimum Gasteiger partial charge on any atom is -0.481 e. The summed E-state index contributed by atoms with van der Waals surface area (Å²) < 4.78 is 1.66. The summed E-state index contributed by atoms with van der Waals surface area (Å²) in [7, 11) is 1.83. The zero-order valence-corrected chi connectivity index (χ0v) is 10.3. The van der Waals surface area contributed by atoms with Gasteiger partial charge in [-0.1, -0.05) is 12.1 Å². The Morgan fingerprint density at radius 1 is 1.59 bits per heavy atom. The van der Waals surface area contributed by atoms with Crippen molar-refractivity contribution in [2.24, 2.45) is 24.8 Å². The minimum absolute atomic E-state index is 0.202. The molecule has 1 saturated carbocycles. The molecule has 1 aliphatic carbocycles. The average molecular weight is 237 g/mol. The number of carboxylic acid groups (broad SMARTS) is 1. The number of carboxylic acids is 1. The quantitative estimate of drug-likeness (QED) is 0.865. The second kappa shape index (κ2) is 4.85. The molecular weight excluding hydrogens is 218 g/mol. The van der Waals surface area contributed by atoms with Gasteiger partial charge in [-0.15, -0.1) is 5.10 Å². The number of nitrogens with zero attached hydrogens (tertiary/aromatic N) is 3. The lowest BCUT2D eigenvalue weighted by atomic mass is 9.73. The van der Waals surface area contributed by atoms with Gasteiger partial charge in [0, 0.05) is 13.2 Å². The number of hydrogen-bond acceptors (Lipinski definition) is 3. The van der Waals surface area contributed by atoms with Gasteiger partial charge in [0.05, 0.1) is 11.6 Å². The van der Waals surface area contributed by atoms with E-state index in [0.717, 1.165) is 31.4 Å². The van der Waals surface area contributed by atoms with E-state index in [-0.39, 0.29) is 11.8 Å². The van der Waals surface area contributed by atoms with Crippen molar-refractivity contribution in [1.29, 1.82) is 0 Å². The van der Waals surface area contributed by atoms with Crippen molar-refractivity contribution in [2.45, 2.75) is 32.6 Å². The highest BCUT2D eigenvalue weighted by atomic mass is 16.4. The van der Waals surface area contributed by atoms with Crippen LogP contribution in [0.2, 0.25) is 0 Å². The van der Waals surface area contributed by atoms with Crippen molar-refractivity contribution < 1.29 is 9.90 Å². The summed E-state index contributed by atoms with van der Waals surface area (Å²) in [5.74, 6) is -0.0563. The molecular formula is C12H19N3O2. The maximum absolute atomic E-state index is 11.2. The standard InChI is InChI=1S/C12H19N3O2/c1-8-3-4-11(12(16)17)9(5-8)6-10-7-15(2)14-13-10/h7-9,11H,3-6H2,1-2H3,(H,16,17). The molecule has 1 aromatic heterocycles. The van der Waals surface area contributed by atoms with Crippen molar-refractivity contribution in [3.05, 3.63) is 11.9 Å². The molecule has 3 unspecified atom stereocenters. The van der Waals surface area contributed by atoms with Crippen LogP contribution in [0.25, 0.3) is 0 Å². The third-order valence-electron chi connectivity index (χ3n) is 3.68. The number of hydrogen-bond donors (Lipinski definition) is 1. The number of aliphatic carboxylic acids is 1. The molecule has 0 aromatic carbocycles. The molecule has 1 N–H and O–H groups in total. The summed E-state index contributed by atoms with van der Waals surface area (Å²) in [4.78, 5) is 11.2. The number of carbonyl (C=O) groups is 1. The molecule has 5 heteroatoms. The highest BCUT2D eigenvalue weighted by molar-refractivity contribution is 5.70. The fourth-order valence-electron chi connectivity index (χ4n) is 2.81.